The fourth-order valence-corrected chi connectivity index (χ4v) is 3.81. The van der Waals surface area contributed by atoms with Crippen LogP contribution in [-0.4, -0.2) is 5.78 Å². The second kappa shape index (κ2) is 4.71. The van der Waals surface area contributed by atoms with Gasteiger partial charge in [0.25, 0.3) is 0 Å². The summed E-state index contributed by atoms with van der Waals surface area (Å²) >= 11 is 8.22. The Labute approximate surface area is 120 Å². The highest BCUT2D eigenvalue weighted by molar-refractivity contribution is 9.13. The van der Waals surface area contributed by atoms with Gasteiger partial charge in [-0.05, 0) is 52.6 Å². The van der Waals surface area contributed by atoms with Crippen LogP contribution in [0.1, 0.15) is 32.3 Å². The van der Waals surface area contributed by atoms with Crippen LogP contribution in [0.3, 0.4) is 0 Å². The van der Waals surface area contributed by atoms with Crippen LogP contribution in [0, 0.1) is 20.8 Å². The molecule has 17 heavy (non-hydrogen) atoms. The van der Waals surface area contributed by atoms with Crippen molar-refractivity contribution in [1.82, 2.24) is 0 Å². The van der Waals surface area contributed by atoms with Crippen LogP contribution in [0.2, 0.25) is 0 Å². The van der Waals surface area contributed by atoms with E-state index < -0.39 is 0 Å². The van der Waals surface area contributed by atoms with Crippen LogP contribution in [0.4, 0.5) is 0 Å². The van der Waals surface area contributed by atoms with Gasteiger partial charge < -0.3 is 4.42 Å². The molecule has 0 saturated heterocycles. The standard InChI is InChI=1S/C12H10Br2O2S/c1-5-6(2)16-7(3)9(5)11(15)12-10(14)8(13)4-17-12/h4H,1-3H3. The average molecular weight is 378 g/mol. The van der Waals surface area contributed by atoms with E-state index in [-0.39, 0.29) is 5.78 Å². The first-order valence-corrected chi connectivity index (χ1v) is 7.43. The third-order valence-corrected chi connectivity index (χ3v) is 6.21. The van der Waals surface area contributed by atoms with Crippen molar-refractivity contribution in [2.45, 2.75) is 20.8 Å². The van der Waals surface area contributed by atoms with Crippen molar-refractivity contribution in [3.05, 3.63) is 41.9 Å². The fourth-order valence-electron chi connectivity index (χ4n) is 1.72. The molecule has 0 N–H and O–H groups in total. The molecule has 5 heteroatoms. The summed E-state index contributed by atoms with van der Waals surface area (Å²) in [4.78, 5) is 13.1. The zero-order valence-electron chi connectivity index (χ0n) is 9.56. The Kier molecular flexibility index (Phi) is 3.61. The van der Waals surface area contributed by atoms with E-state index in [0.29, 0.717) is 16.2 Å². The summed E-state index contributed by atoms with van der Waals surface area (Å²) < 4.78 is 7.21. The number of hydrogen-bond acceptors (Lipinski definition) is 3. The molecule has 2 heterocycles. The highest BCUT2D eigenvalue weighted by Gasteiger charge is 2.23. The van der Waals surface area contributed by atoms with Crippen LogP contribution in [0.25, 0.3) is 0 Å². The number of carbonyl (C=O) groups is 1. The number of halogens is 2. The summed E-state index contributed by atoms with van der Waals surface area (Å²) in [6.45, 7) is 5.61. The number of thiophene rings is 1. The molecule has 0 aromatic carbocycles. The predicted molar refractivity (Wildman–Crippen MR) is 76.1 cm³/mol. The third kappa shape index (κ3) is 2.16. The molecule has 0 bridgehead atoms. The second-order valence-corrected chi connectivity index (χ2v) is 6.30. The maximum absolute atomic E-state index is 12.4. The Hall–Kier alpha value is -0.390. The number of furan rings is 1. The monoisotopic (exact) mass is 376 g/mol. The molecule has 0 spiro atoms. The minimum absolute atomic E-state index is 0.0134. The molecule has 0 aliphatic carbocycles. The minimum atomic E-state index is 0.0134. The summed E-state index contributed by atoms with van der Waals surface area (Å²) in [5, 5.41) is 1.90. The average Bonchev–Trinajstić information content (AvgIpc) is 2.70. The van der Waals surface area contributed by atoms with E-state index in [2.05, 4.69) is 31.9 Å². The van der Waals surface area contributed by atoms with Gasteiger partial charge in [-0.25, -0.2) is 0 Å². The minimum Gasteiger partial charge on any atom is -0.466 e. The quantitative estimate of drug-likeness (QED) is 0.687. The summed E-state index contributed by atoms with van der Waals surface area (Å²) in [6, 6.07) is 0. The maximum atomic E-state index is 12.4. The van der Waals surface area contributed by atoms with E-state index in [9.17, 15) is 4.79 Å². The molecule has 0 unspecified atom stereocenters. The van der Waals surface area contributed by atoms with Crippen molar-refractivity contribution in [3.8, 4) is 0 Å². The van der Waals surface area contributed by atoms with Gasteiger partial charge in [0.15, 0.2) is 0 Å². The second-order valence-electron chi connectivity index (χ2n) is 3.77. The first-order valence-electron chi connectivity index (χ1n) is 4.97. The van der Waals surface area contributed by atoms with E-state index in [0.717, 1.165) is 20.3 Å². The lowest BCUT2D eigenvalue weighted by Crippen LogP contribution is -2.02. The molecule has 0 atom stereocenters. The van der Waals surface area contributed by atoms with Crippen molar-refractivity contribution in [3.63, 3.8) is 0 Å². The van der Waals surface area contributed by atoms with Gasteiger partial charge in [0, 0.05) is 15.4 Å². The molecule has 90 valence electrons. The van der Waals surface area contributed by atoms with E-state index in [1.165, 1.54) is 11.3 Å². The Balaban J connectivity index is 2.55. The van der Waals surface area contributed by atoms with Crippen molar-refractivity contribution in [2.75, 3.05) is 0 Å². The highest BCUT2D eigenvalue weighted by atomic mass is 79.9. The molecule has 0 aliphatic rings. The number of hydrogen-bond donors (Lipinski definition) is 0. The highest BCUT2D eigenvalue weighted by Crippen LogP contribution is 2.35. The Morgan fingerprint density at radius 3 is 2.29 bits per heavy atom. The first-order chi connectivity index (χ1) is 7.93. The van der Waals surface area contributed by atoms with E-state index >= 15 is 0 Å². The number of carbonyl (C=O) groups excluding carboxylic acids is 1. The number of aryl methyl sites for hydroxylation is 2. The van der Waals surface area contributed by atoms with E-state index in [1.807, 2.05) is 26.2 Å². The van der Waals surface area contributed by atoms with Gasteiger partial charge in [-0.15, -0.1) is 11.3 Å². The molecular formula is C12H10Br2O2S. The van der Waals surface area contributed by atoms with Crippen molar-refractivity contribution in [1.29, 1.82) is 0 Å². The largest absolute Gasteiger partial charge is 0.466 e. The molecular weight excluding hydrogens is 368 g/mol. The van der Waals surface area contributed by atoms with Gasteiger partial charge in [0.1, 0.15) is 11.5 Å². The Bertz CT molecular complexity index is 596. The lowest BCUT2D eigenvalue weighted by Gasteiger charge is -1.99. The SMILES string of the molecule is Cc1oc(C)c(C(=O)c2scc(Br)c2Br)c1C. The van der Waals surface area contributed by atoms with Gasteiger partial charge >= 0.3 is 0 Å². The molecule has 0 aliphatic heterocycles. The zero-order valence-corrected chi connectivity index (χ0v) is 13.5. The molecule has 2 aromatic rings. The van der Waals surface area contributed by atoms with Gasteiger partial charge in [-0.1, -0.05) is 0 Å². The van der Waals surface area contributed by atoms with Crippen LogP contribution < -0.4 is 0 Å². The van der Waals surface area contributed by atoms with Crippen molar-refractivity contribution < 1.29 is 9.21 Å². The normalized spacial score (nSPS) is 10.9. The Morgan fingerprint density at radius 1 is 1.24 bits per heavy atom. The summed E-state index contributed by atoms with van der Waals surface area (Å²) in [5.41, 5.74) is 1.60. The summed E-state index contributed by atoms with van der Waals surface area (Å²) in [7, 11) is 0. The zero-order chi connectivity index (χ0) is 12.7. The predicted octanol–water partition coefficient (Wildman–Crippen LogP) is 5.02. The van der Waals surface area contributed by atoms with Gasteiger partial charge in [-0.3, -0.25) is 4.79 Å². The molecule has 2 aromatic heterocycles. The van der Waals surface area contributed by atoms with E-state index in [1.54, 1.807) is 0 Å². The lowest BCUT2D eigenvalue weighted by atomic mass is 10.1. The first kappa shape index (κ1) is 13.1. The molecule has 0 amide bonds. The smallest absolute Gasteiger partial charge is 0.207 e. The van der Waals surface area contributed by atoms with Crippen LogP contribution in [0.15, 0.2) is 18.7 Å². The fraction of sp³-hybridized carbons (Fsp3) is 0.250. The van der Waals surface area contributed by atoms with Crippen molar-refractivity contribution in [2.24, 2.45) is 0 Å². The third-order valence-electron chi connectivity index (χ3n) is 2.68. The van der Waals surface area contributed by atoms with Gasteiger partial charge in [0.2, 0.25) is 5.78 Å². The molecule has 0 radical (unpaired) electrons. The van der Waals surface area contributed by atoms with Crippen LogP contribution in [-0.2, 0) is 0 Å². The van der Waals surface area contributed by atoms with Crippen LogP contribution >= 0.6 is 43.2 Å². The number of ketones is 1. The van der Waals surface area contributed by atoms with Gasteiger partial charge in [-0.2, -0.15) is 0 Å². The molecule has 0 saturated carbocycles. The molecule has 2 nitrogen and oxygen atoms in total. The van der Waals surface area contributed by atoms with Crippen LogP contribution in [0.5, 0.6) is 0 Å². The van der Waals surface area contributed by atoms with Crippen molar-refractivity contribution >= 4 is 49.0 Å². The molecule has 0 fully saturated rings. The summed E-state index contributed by atoms with van der Waals surface area (Å²) in [6.07, 6.45) is 0. The molecule has 2 rings (SSSR count). The Morgan fingerprint density at radius 2 is 1.88 bits per heavy atom. The summed E-state index contributed by atoms with van der Waals surface area (Å²) in [5.74, 6) is 1.50. The maximum Gasteiger partial charge on any atom is 0.207 e. The lowest BCUT2D eigenvalue weighted by molar-refractivity contribution is 0.104. The number of rotatable bonds is 2. The topological polar surface area (TPSA) is 30.2 Å². The van der Waals surface area contributed by atoms with E-state index in [4.69, 9.17) is 4.42 Å². The van der Waals surface area contributed by atoms with Gasteiger partial charge in [0.05, 0.1) is 14.9 Å².